The summed E-state index contributed by atoms with van der Waals surface area (Å²) >= 11 is 0. The molecule has 0 aromatic heterocycles. The predicted octanol–water partition coefficient (Wildman–Crippen LogP) is 2.54. The van der Waals surface area contributed by atoms with Gasteiger partial charge in [0.25, 0.3) is 0 Å². The number of hydrogen-bond acceptors (Lipinski definition) is 2. The van der Waals surface area contributed by atoms with Gasteiger partial charge in [0.15, 0.2) is 0 Å². The van der Waals surface area contributed by atoms with Crippen molar-refractivity contribution in [1.29, 1.82) is 0 Å². The molecule has 0 spiro atoms. The molecule has 3 N–H and O–H groups in total. The number of amides is 1. The van der Waals surface area contributed by atoms with Crippen LogP contribution in [0.3, 0.4) is 0 Å². The van der Waals surface area contributed by atoms with Crippen molar-refractivity contribution in [2.75, 3.05) is 11.9 Å². The minimum absolute atomic E-state index is 0.0407. The Morgan fingerprint density at radius 1 is 1.29 bits per heavy atom. The first-order valence-electron chi connectivity index (χ1n) is 6.05. The summed E-state index contributed by atoms with van der Waals surface area (Å²) in [6, 6.07) is 4.00. The van der Waals surface area contributed by atoms with E-state index in [1.807, 2.05) is 26.0 Å². The fourth-order valence-corrected chi connectivity index (χ4v) is 1.73. The molecule has 1 amide bonds. The highest BCUT2D eigenvalue weighted by atomic mass is 16.1. The lowest BCUT2D eigenvalue weighted by Crippen LogP contribution is -2.23. The Bertz CT molecular complexity index is 413. The Kier molecular flexibility index (Phi) is 4.70. The molecule has 1 aromatic rings. The van der Waals surface area contributed by atoms with Crippen molar-refractivity contribution in [2.45, 2.75) is 34.1 Å². The molecule has 17 heavy (non-hydrogen) atoms. The molecule has 0 heterocycles. The summed E-state index contributed by atoms with van der Waals surface area (Å²) in [5, 5.41) is 2.97. The van der Waals surface area contributed by atoms with Crippen molar-refractivity contribution in [2.24, 2.45) is 11.7 Å². The van der Waals surface area contributed by atoms with Crippen LogP contribution in [-0.4, -0.2) is 12.5 Å². The third kappa shape index (κ3) is 3.30. The van der Waals surface area contributed by atoms with E-state index >= 15 is 0 Å². The molecular formula is C14H22N2O. The highest BCUT2D eigenvalue weighted by Crippen LogP contribution is 2.22. The first kappa shape index (κ1) is 13.7. The summed E-state index contributed by atoms with van der Waals surface area (Å²) < 4.78 is 0. The molecule has 1 atom stereocenters. The van der Waals surface area contributed by atoms with Gasteiger partial charge in [-0.2, -0.15) is 0 Å². The number of nitrogens with two attached hydrogens (primary N) is 1. The van der Waals surface area contributed by atoms with E-state index in [-0.39, 0.29) is 11.8 Å². The Labute approximate surface area is 103 Å². The zero-order valence-electron chi connectivity index (χ0n) is 11.1. The van der Waals surface area contributed by atoms with Gasteiger partial charge in [-0.05, 0) is 56.5 Å². The first-order valence-corrected chi connectivity index (χ1v) is 6.05. The minimum atomic E-state index is -0.0407. The van der Waals surface area contributed by atoms with E-state index in [9.17, 15) is 4.79 Å². The van der Waals surface area contributed by atoms with Gasteiger partial charge in [-0.25, -0.2) is 0 Å². The van der Waals surface area contributed by atoms with E-state index in [2.05, 4.69) is 19.2 Å². The number of aryl methyl sites for hydroxylation is 1. The van der Waals surface area contributed by atoms with Crippen LogP contribution in [0.1, 0.15) is 30.0 Å². The number of carbonyl (C=O) groups is 1. The zero-order valence-corrected chi connectivity index (χ0v) is 11.1. The van der Waals surface area contributed by atoms with E-state index in [1.165, 1.54) is 11.1 Å². The van der Waals surface area contributed by atoms with Crippen LogP contribution < -0.4 is 11.1 Å². The summed E-state index contributed by atoms with van der Waals surface area (Å²) in [5.74, 6) is 0.00260. The lowest BCUT2D eigenvalue weighted by Gasteiger charge is -2.15. The Hall–Kier alpha value is -1.35. The Morgan fingerprint density at radius 3 is 2.53 bits per heavy atom. The normalized spacial score (nSPS) is 12.3. The molecule has 0 bridgehead atoms. The van der Waals surface area contributed by atoms with E-state index in [0.717, 1.165) is 17.7 Å². The minimum Gasteiger partial charge on any atom is -0.330 e. The number of rotatable bonds is 4. The summed E-state index contributed by atoms with van der Waals surface area (Å²) in [7, 11) is 0. The molecule has 3 heteroatoms. The topological polar surface area (TPSA) is 55.1 Å². The van der Waals surface area contributed by atoms with Crippen LogP contribution in [0.25, 0.3) is 0 Å². The molecule has 3 nitrogen and oxygen atoms in total. The smallest absolute Gasteiger partial charge is 0.227 e. The Balaban J connectivity index is 2.82. The number of hydrogen-bond donors (Lipinski definition) is 2. The fraction of sp³-hybridized carbons (Fsp3) is 0.500. The maximum absolute atomic E-state index is 11.9. The molecule has 1 rings (SSSR count). The molecule has 0 fully saturated rings. The van der Waals surface area contributed by atoms with Gasteiger partial charge in [-0.15, -0.1) is 0 Å². The molecule has 0 aliphatic carbocycles. The van der Waals surface area contributed by atoms with Crippen molar-refractivity contribution in [3.8, 4) is 0 Å². The van der Waals surface area contributed by atoms with Gasteiger partial charge >= 0.3 is 0 Å². The summed E-state index contributed by atoms with van der Waals surface area (Å²) in [4.78, 5) is 11.9. The SMILES string of the molecule is Cc1ccc(NC(=O)C(C)CCN)c(C)c1C. The highest BCUT2D eigenvalue weighted by molar-refractivity contribution is 5.93. The summed E-state index contributed by atoms with van der Waals surface area (Å²) in [5.41, 5.74) is 9.97. The van der Waals surface area contributed by atoms with Crippen molar-refractivity contribution >= 4 is 11.6 Å². The maximum atomic E-state index is 11.9. The van der Waals surface area contributed by atoms with Crippen molar-refractivity contribution in [3.63, 3.8) is 0 Å². The molecule has 94 valence electrons. The second-order valence-electron chi connectivity index (χ2n) is 4.65. The van der Waals surface area contributed by atoms with Gasteiger partial charge in [-0.3, -0.25) is 4.79 Å². The standard InChI is InChI=1S/C14H22N2O/c1-9-5-6-13(12(4)11(9)3)16-14(17)10(2)7-8-15/h5-6,10H,7-8,15H2,1-4H3,(H,16,17). The van der Waals surface area contributed by atoms with Crippen LogP contribution >= 0.6 is 0 Å². The third-order valence-electron chi connectivity index (χ3n) is 3.36. The van der Waals surface area contributed by atoms with Gasteiger partial charge in [0, 0.05) is 11.6 Å². The van der Waals surface area contributed by atoms with E-state index in [0.29, 0.717) is 6.54 Å². The van der Waals surface area contributed by atoms with Crippen LogP contribution in [0.4, 0.5) is 5.69 Å². The molecule has 0 saturated carbocycles. The Morgan fingerprint density at radius 2 is 1.94 bits per heavy atom. The summed E-state index contributed by atoms with van der Waals surface area (Å²) in [6.45, 7) is 8.62. The van der Waals surface area contributed by atoms with Gasteiger partial charge in [-0.1, -0.05) is 13.0 Å². The molecule has 0 aliphatic heterocycles. The van der Waals surface area contributed by atoms with Crippen LogP contribution in [-0.2, 0) is 4.79 Å². The first-order chi connectivity index (χ1) is 7.97. The van der Waals surface area contributed by atoms with Crippen LogP contribution in [0.15, 0.2) is 12.1 Å². The van der Waals surface area contributed by atoms with Crippen LogP contribution in [0.2, 0.25) is 0 Å². The lowest BCUT2D eigenvalue weighted by molar-refractivity contribution is -0.119. The van der Waals surface area contributed by atoms with Crippen molar-refractivity contribution < 1.29 is 4.79 Å². The van der Waals surface area contributed by atoms with Crippen molar-refractivity contribution in [3.05, 3.63) is 28.8 Å². The molecular weight excluding hydrogens is 212 g/mol. The molecule has 0 radical (unpaired) electrons. The zero-order chi connectivity index (χ0) is 13.0. The number of anilines is 1. The molecule has 0 aliphatic rings. The quantitative estimate of drug-likeness (QED) is 0.841. The third-order valence-corrected chi connectivity index (χ3v) is 3.36. The molecule has 1 unspecified atom stereocenters. The lowest BCUT2D eigenvalue weighted by atomic mass is 10.0. The predicted molar refractivity (Wildman–Crippen MR) is 72.1 cm³/mol. The average Bonchev–Trinajstić information content (AvgIpc) is 2.30. The number of nitrogens with one attached hydrogen (secondary N) is 1. The van der Waals surface area contributed by atoms with E-state index in [1.54, 1.807) is 0 Å². The molecule has 1 aromatic carbocycles. The summed E-state index contributed by atoms with van der Waals surface area (Å²) in [6.07, 6.45) is 0.718. The van der Waals surface area contributed by atoms with Gasteiger partial charge in [0.2, 0.25) is 5.91 Å². The van der Waals surface area contributed by atoms with Gasteiger partial charge < -0.3 is 11.1 Å². The maximum Gasteiger partial charge on any atom is 0.227 e. The fourth-order valence-electron chi connectivity index (χ4n) is 1.73. The highest BCUT2D eigenvalue weighted by Gasteiger charge is 2.13. The van der Waals surface area contributed by atoms with Crippen molar-refractivity contribution in [1.82, 2.24) is 0 Å². The number of benzene rings is 1. The second kappa shape index (κ2) is 5.82. The monoisotopic (exact) mass is 234 g/mol. The van der Waals surface area contributed by atoms with Crippen LogP contribution in [0.5, 0.6) is 0 Å². The van der Waals surface area contributed by atoms with Gasteiger partial charge in [0.1, 0.15) is 0 Å². The number of carbonyl (C=O) groups excluding carboxylic acids is 1. The average molecular weight is 234 g/mol. The molecule has 0 saturated heterocycles. The largest absolute Gasteiger partial charge is 0.330 e. The van der Waals surface area contributed by atoms with Crippen LogP contribution in [0, 0.1) is 26.7 Å². The van der Waals surface area contributed by atoms with E-state index in [4.69, 9.17) is 5.73 Å². The van der Waals surface area contributed by atoms with E-state index < -0.39 is 0 Å². The second-order valence-corrected chi connectivity index (χ2v) is 4.65. The van der Waals surface area contributed by atoms with Gasteiger partial charge in [0.05, 0.1) is 0 Å².